The maximum absolute atomic E-state index is 12.3. The number of aryl methyl sites for hydroxylation is 2. The summed E-state index contributed by atoms with van der Waals surface area (Å²) in [6.45, 7) is 2.92. The predicted molar refractivity (Wildman–Crippen MR) is 98.0 cm³/mol. The molecule has 2 aromatic carbocycles. The Morgan fingerprint density at radius 3 is 1.96 bits per heavy atom. The summed E-state index contributed by atoms with van der Waals surface area (Å²) in [5.74, 6) is -1.22. The van der Waals surface area contributed by atoms with Crippen LogP contribution in [0.4, 0.5) is 5.69 Å². The van der Waals surface area contributed by atoms with E-state index >= 15 is 0 Å². The van der Waals surface area contributed by atoms with E-state index in [0.29, 0.717) is 0 Å². The van der Waals surface area contributed by atoms with E-state index in [-0.39, 0.29) is 56.2 Å². The second-order valence-electron chi connectivity index (χ2n) is 5.43. The number of anilines is 1. The van der Waals surface area contributed by atoms with Crippen LogP contribution in [-0.2, 0) is 19.9 Å². The molecule has 0 aliphatic heterocycles. The number of nitrogens with one attached hydrogen (secondary N) is 1. The minimum atomic E-state index is -4.11. The summed E-state index contributed by atoms with van der Waals surface area (Å²) < 4.78 is 51.3. The average molecular weight is 407 g/mol. The van der Waals surface area contributed by atoms with Gasteiger partial charge in [0.2, 0.25) is 9.84 Å². The maximum atomic E-state index is 12.3. The molecule has 0 aliphatic rings. The van der Waals surface area contributed by atoms with Gasteiger partial charge in [0.05, 0.1) is 9.79 Å². The molecule has 135 valence electrons. The minimum Gasteiger partial charge on any atom is -0.280 e. The Morgan fingerprint density at radius 1 is 1.00 bits per heavy atom. The molecule has 1 radical (unpaired) electrons. The predicted octanol–water partition coefficient (Wildman–Crippen LogP) is 1.73. The third-order valence-corrected chi connectivity index (χ3v) is 6.57. The van der Waals surface area contributed by atoms with Crippen LogP contribution in [0.1, 0.15) is 11.1 Å². The fourth-order valence-corrected chi connectivity index (χ4v) is 5.08. The fraction of sp³-hybridized carbons (Fsp3) is 0.200. The molecule has 0 unspecified atom stereocenters. The zero-order chi connectivity index (χ0) is 18.8. The summed E-state index contributed by atoms with van der Waals surface area (Å²) in [6, 6.07) is 10.4. The first-order chi connectivity index (χ1) is 11.5. The van der Waals surface area contributed by atoms with Crippen molar-refractivity contribution in [2.24, 2.45) is 0 Å². The zero-order valence-corrected chi connectivity index (χ0v) is 18.1. The molecule has 0 aromatic heterocycles. The van der Waals surface area contributed by atoms with Crippen LogP contribution in [0.3, 0.4) is 0 Å². The second kappa shape index (κ2) is 8.49. The van der Waals surface area contributed by atoms with Crippen LogP contribution >= 0.6 is 0 Å². The number of nitro groups is 1. The van der Waals surface area contributed by atoms with Gasteiger partial charge in [0.1, 0.15) is 0 Å². The van der Waals surface area contributed by atoms with Crippen molar-refractivity contribution in [3.8, 4) is 0 Å². The van der Waals surface area contributed by atoms with Crippen molar-refractivity contribution in [2.45, 2.75) is 23.6 Å². The Hall–Kier alpha value is -1.46. The Kier molecular flexibility index (Phi) is 7.37. The van der Waals surface area contributed by atoms with Crippen molar-refractivity contribution >= 4 is 55.1 Å². The Labute approximate surface area is 174 Å². The van der Waals surface area contributed by atoms with Crippen LogP contribution < -0.4 is 4.72 Å². The number of hydrogen-bond donors (Lipinski definition) is 1. The zero-order valence-electron chi connectivity index (χ0n) is 14.5. The molecule has 0 amide bonds. The summed E-state index contributed by atoms with van der Waals surface area (Å²) in [6.07, 6.45) is 0. The molecule has 0 saturated carbocycles. The number of sulfone groups is 1. The summed E-state index contributed by atoms with van der Waals surface area (Å²) in [5, 5.41) is 10.6. The van der Waals surface area contributed by atoms with Crippen LogP contribution in [0.15, 0.2) is 52.3 Å². The van der Waals surface area contributed by atoms with Crippen molar-refractivity contribution in [1.82, 2.24) is 0 Å². The van der Waals surface area contributed by atoms with Gasteiger partial charge in [0.25, 0.3) is 10.0 Å². The molecule has 2 rings (SSSR count). The van der Waals surface area contributed by atoms with E-state index in [2.05, 4.69) is 4.72 Å². The van der Waals surface area contributed by atoms with Gasteiger partial charge in [-0.3, -0.25) is 14.8 Å². The van der Waals surface area contributed by atoms with Crippen LogP contribution in [0.25, 0.3) is 0 Å². The van der Waals surface area contributed by atoms with Gasteiger partial charge in [-0.2, -0.15) is 0 Å². The van der Waals surface area contributed by atoms with Gasteiger partial charge < -0.3 is 0 Å². The molecule has 0 spiro atoms. The Bertz CT molecular complexity index is 998. The van der Waals surface area contributed by atoms with Crippen molar-refractivity contribution < 1.29 is 21.8 Å². The van der Waals surface area contributed by atoms with E-state index in [4.69, 9.17) is 0 Å². The van der Waals surface area contributed by atoms with Gasteiger partial charge in [0.15, 0.2) is 0 Å². The molecule has 0 atom stereocenters. The van der Waals surface area contributed by atoms with E-state index in [1.165, 1.54) is 38.1 Å². The van der Waals surface area contributed by atoms with Crippen LogP contribution in [-0.4, -0.2) is 57.2 Å². The van der Waals surface area contributed by atoms with Gasteiger partial charge in [-0.25, -0.2) is 16.8 Å². The molecule has 1 N–H and O–H groups in total. The topological polar surface area (TPSA) is 123 Å². The smallest absolute Gasteiger partial charge is 0.280 e. The first kappa shape index (κ1) is 22.6. The molecule has 0 fully saturated rings. The molecule has 0 bridgehead atoms. The fourth-order valence-electron chi connectivity index (χ4n) is 2.52. The van der Waals surface area contributed by atoms with Gasteiger partial charge in [-0.15, -0.1) is 0 Å². The van der Waals surface area contributed by atoms with E-state index in [0.717, 1.165) is 0 Å². The van der Waals surface area contributed by atoms with Gasteiger partial charge in [0, 0.05) is 40.2 Å². The monoisotopic (exact) mass is 407 g/mol. The normalized spacial score (nSPS) is 11.5. The maximum Gasteiger partial charge on any atom is 0.305 e. The van der Waals surface area contributed by atoms with Crippen LogP contribution in [0, 0.1) is 24.0 Å². The second-order valence-corrected chi connectivity index (χ2v) is 9.01. The van der Waals surface area contributed by atoms with Crippen molar-refractivity contribution in [2.75, 3.05) is 10.6 Å². The number of rotatable bonds is 6. The molecule has 0 aliphatic carbocycles. The molecule has 0 saturated heterocycles. The van der Waals surface area contributed by atoms with E-state index in [1.807, 2.05) is 0 Å². The summed E-state index contributed by atoms with van der Waals surface area (Å²) in [5.41, 5.74) is 0.638. The Morgan fingerprint density at radius 2 is 1.50 bits per heavy atom. The van der Waals surface area contributed by atoms with E-state index < -0.39 is 30.7 Å². The molecule has 2 aromatic rings. The molecule has 11 heteroatoms. The van der Waals surface area contributed by atoms with Crippen molar-refractivity contribution in [3.05, 3.63) is 63.7 Å². The standard InChI is InChI=1S/C15H16N2O6S2.Na/c1-11-8-13(16-25(22,23)14-6-4-3-5-7-14)9-12(2)15(11)24(20,21)10-17(18)19;/h3-9,16H,10H2,1-2H3;. The van der Waals surface area contributed by atoms with Crippen molar-refractivity contribution in [1.29, 1.82) is 0 Å². The SMILES string of the molecule is Cc1cc(NS(=O)(=O)c2ccccc2)cc(C)c1S(=O)(=O)C[N+](=O)[O-].[Na]. The largest absolute Gasteiger partial charge is 0.305 e. The summed E-state index contributed by atoms with van der Waals surface area (Å²) in [7, 11) is -7.93. The summed E-state index contributed by atoms with van der Waals surface area (Å²) >= 11 is 0. The van der Waals surface area contributed by atoms with E-state index in [1.54, 1.807) is 18.2 Å². The summed E-state index contributed by atoms with van der Waals surface area (Å²) in [4.78, 5) is 9.55. The molecule has 0 heterocycles. The molecular formula is C15H16N2NaO6S2. The van der Waals surface area contributed by atoms with Crippen LogP contribution in [0.2, 0.25) is 0 Å². The number of hydrogen-bond acceptors (Lipinski definition) is 6. The minimum absolute atomic E-state index is 0. The quantitative estimate of drug-likeness (QED) is 0.442. The molecule has 8 nitrogen and oxygen atoms in total. The third-order valence-electron chi connectivity index (χ3n) is 3.35. The first-order valence-electron chi connectivity index (χ1n) is 7.06. The molecule has 26 heavy (non-hydrogen) atoms. The van der Waals surface area contributed by atoms with Crippen LogP contribution in [0.5, 0.6) is 0 Å². The van der Waals surface area contributed by atoms with E-state index in [9.17, 15) is 26.9 Å². The first-order valence-corrected chi connectivity index (χ1v) is 10.2. The third kappa shape index (κ3) is 5.27. The molecular weight excluding hydrogens is 391 g/mol. The van der Waals surface area contributed by atoms with Gasteiger partial charge >= 0.3 is 5.88 Å². The Balaban J connectivity index is 0.00000338. The number of benzene rings is 2. The van der Waals surface area contributed by atoms with Crippen molar-refractivity contribution in [3.63, 3.8) is 0 Å². The average Bonchev–Trinajstić information content (AvgIpc) is 2.45. The number of sulfonamides is 1. The number of nitrogens with zero attached hydrogens (tertiary/aromatic N) is 1. The van der Waals surface area contributed by atoms with Gasteiger partial charge in [-0.1, -0.05) is 18.2 Å². The van der Waals surface area contributed by atoms with Gasteiger partial charge in [-0.05, 0) is 49.2 Å².